The van der Waals surface area contributed by atoms with Crippen molar-refractivity contribution in [3.05, 3.63) is 63.3 Å². The van der Waals surface area contributed by atoms with Crippen LogP contribution in [0.1, 0.15) is 17.0 Å². The minimum Gasteiger partial charge on any atom is -0.269 e. The molecule has 5 heteroatoms. The van der Waals surface area contributed by atoms with Gasteiger partial charge in [0.05, 0.1) is 5.69 Å². The van der Waals surface area contributed by atoms with Gasteiger partial charge in [0.15, 0.2) is 4.96 Å². The standard InChI is InChI=1S/C14H11N3OS/c1-10-9-19-14-16-12(7-13(18)17(10)14)5-4-11-3-2-6-15-8-11/h2-9H,1H3. The van der Waals surface area contributed by atoms with Gasteiger partial charge in [0.2, 0.25) is 0 Å². The van der Waals surface area contributed by atoms with Crippen molar-refractivity contribution in [2.45, 2.75) is 6.92 Å². The Bertz CT molecular complexity index is 802. The van der Waals surface area contributed by atoms with Crippen molar-refractivity contribution in [1.29, 1.82) is 0 Å². The largest absolute Gasteiger partial charge is 0.269 e. The molecule has 0 aromatic carbocycles. The molecule has 0 aliphatic carbocycles. The van der Waals surface area contributed by atoms with Gasteiger partial charge in [-0.25, -0.2) is 4.98 Å². The van der Waals surface area contributed by atoms with E-state index in [-0.39, 0.29) is 5.56 Å². The molecule has 0 fully saturated rings. The van der Waals surface area contributed by atoms with E-state index in [1.807, 2.05) is 36.6 Å². The molecule has 0 saturated carbocycles. The molecule has 0 unspecified atom stereocenters. The van der Waals surface area contributed by atoms with Crippen LogP contribution in [0.25, 0.3) is 17.1 Å². The van der Waals surface area contributed by atoms with Crippen molar-refractivity contribution in [1.82, 2.24) is 14.4 Å². The highest BCUT2D eigenvalue weighted by Gasteiger charge is 2.04. The van der Waals surface area contributed by atoms with Crippen LogP contribution in [-0.4, -0.2) is 14.4 Å². The topological polar surface area (TPSA) is 47.3 Å². The molecule has 0 atom stereocenters. The molecule has 3 aromatic rings. The lowest BCUT2D eigenvalue weighted by atomic mass is 10.2. The number of rotatable bonds is 2. The summed E-state index contributed by atoms with van der Waals surface area (Å²) in [5.41, 5.74) is 2.51. The highest BCUT2D eigenvalue weighted by Crippen LogP contribution is 2.12. The lowest BCUT2D eigenvalue weighted by Crippen LogP contribution is -2.13. The number of thiazole rings is 1. The molecule has 94 valence electrons. The van der Waals surface area contributed by atoms with Crippen LogP contribution in [0.3, 0.4) is 0 Å². The fourth-order valence-corrected chi connectivity index (χ4v) is 2.69. The SMILES string of the molecule is Cc1csc2nc(C=Cc3cccnc3)cc(=O)n12. The van der Waals surface area contributed by atoms with Gasteiger partial charge in [0.25, 0.3) is 5.56 Å². The summed E-state index contributed by atoms with van der Waals surface area (Å²) in [5.74, 6) is 0. The smallest absolute Gasteiger partial charge is 0.259 e. The fraction of sp³-hybridized carbons (Fsp3) is 0.0714. The summed E-state index contributed by atoms with van der Waals surface area (Å²) in [7, 11) is 0. The first-order chi connectivity index (χ1) is 9.24. The van der Waals surface area contributed by atoms with Crippen LogP contribution in [-0.2, 0) is 0 Å². The predicted octanol–water partition coefficient (Wildman–Crippen LogP) is 2.63. The monoisotopic (exact) mass is 269 g/mol. The van der Waals surface area contributed by atoms with Gasteiger partial charge in [-0.05, 0) is 24.6 Å². The van der Waals surface area contributed by atoms with E-state index in [2.05, 4.69) is 9.97 Å². The van der Waals surface area contributed by atoms with Gasteiger partial charge in [-0.15, -0.1) is 11.3 Å². The second-order valence-corrected chi connectivity index (χ2v) is 4.97. The molecule has 4 nitrogen and oxygen atoms in total. The number of hydrogen-bond acceptors (Lipinski definition) is 4. The summed E-state index contributed by atoms with van der Waals surface area (Å²) in [6, 6.07) is 5.36. The Morgan fingerprint density at radius 1 is 1.37 bits per heavy atom. The molecule has 3 aromatic heterocycles. The van der Waals surface area contributed by atoms with Crippen molar-refractivity contribution >= 4 is 28.4 Å². The Kier molecular flexibility index (Phi) is 2.97. The maximum atomic E-state index is 12.0. The molecular formula is C14H11N3OS. The first-order valence-corrected chi connectivity index (χ1v) is 6.68. The summed E-state index contributed by atoms with van der Waals surface area (Å²) < 4.78 is 1.62. The van der Waals surface area contributed by atoms with Crippen molar-refractivity contribution in [3.8, 4) is 0 Å². The molecule has 0 aliphatic heterocycles. The highest BCUT2D eigenvalue weighted by molar-refractivity contribution is 7.15. The molecule has 3 rings (SSSR count). The molecule has 0 bridgehead atoms. The van der Waals surface area contributed by atoms with Crippen LogP contribution < -0.4 is 5.56 Å². The lowest BCUT2D eigenvalue weighted by Gasteiger charge is -1.97. The van der Waals surface area contributed by atoms with Crippen LogP contribution >= 0.6 is 11.3 Å². The Balaban J connectivity index is 2.03. The number of fused-ring (bicyclic) bond motifs is 1. The first kappa shape index (κ1) is 11.8. The molecule has 0 radical (unpaired) electrons. The molecule has 3 heterocycles. The van der Waals surface area contributed by atoms with E-state index in [0.29, 0.717) is 5.69 Å². The lowest BCUT2D eigenvalue weighted by molar-refractivity contribution is 1.02. The minimum atomic E-state index is -0.0467. The first-order valence-electron chi connectivity index (χ1n) is 5.80. The summed E-state index contributed by atoms with van der Waals surface area (Å²) in [5, 5.41) is 1.93. The minimum absolute atomic E-state index is 0.0467. The summed E-state index contributed by atoms with van der Waals surface area (Å²) >= 11 is 1.47. The zero-order valence-corrected chi connectivity index (χ0v) is 11.1. The van der Waals surface area contributed by atoms with E-state index >= 15 is 0 Å². The summed E-state index contributed by atoms with van der Waals surface area (Å²) in [4.78, 5) is 21.2. The molecule has 0 spiro atoms. The average molecular weight is 269 g/mol. The molecule has 0 amide bonds. The quantitative estimate of drug-likeness (QED) is 0.718. The van der Waals surface area contributed by atoms with Crippen molar-refractivity contribution < 1.29 is 0 Å². The molecule has 0 aliphatic rings. The maximum absolute atomic E-state index is 12.0. The fourth-order valence-electron chi connectivity index (χ4n) is 1.81. The van der Waals surface area contributed by atoms with Gasteiger partial charge in [-0.1, -0.05) is 12.1 Å². The maximum Gasteiger partial charge on any atom is 0.259 e. The number of nitrogens with zero attached hydrogens (tertiary/aromatic N) is 3. The number of hydrogen-bond donors (Lipinski definition) is 0. The van der Waals surface area contributed by atoms with Crippen LogP contribution in [0, 0.1) is 6.92 Å². The third kappa shape index (κ3) is 2.32. The van der Waals surface area contributed by atoms with Gasteiger partial charge in [-0.2, -0.15) is 0 Å². The molecular weight excluding hydrogens is 258 g/mol. The van der Waals surface area contributed by atoms with Gasteiger partial charge in [-0.3, -0.25) is 14.2 Å². The Hall–Kier alpha value is -2.27. The third-order valence-corrected chi connectivity index (χ3v) is 3.67. The van der Waals surface area contributed by atoms with Crippen molar-refractivity contribution in [3.63, 3.8) is 0 Å². The van der Waals surface area contributed by atoms with Crippen LogP contribution in [0.4, 0.5) is 0 Å². The zero-order valence-electron chi connectivity index (χ0n) is 10.3. The summed E-state index contributed by atoms with van der Waals surface area (Å²) in [6.45, 7) is 1.90. The van der Waals surface area contributed by atoms with Crippen molar-refractivity contribution in [2.24, 2.45) is 0 Å². The van der Waals surface area contributed by atoms with E-state index in [1.54, 1.807) is 22.9 Å². The molecule has 0 N–H and O–H groups in total. The van der Waals surface area contributed by atoms with E-state index in [1.165, 1.54) is 11.3 Å². The van der Waals surface area contributed by atoms with Gasteiger partial charge in [0.1, 0.15) is 0 Å². The van der Waals surface area contributed by atoms with Gasteiger partial charge in [0, 0.05) is 29.5 Å². The van der Waals surface area contributed by atoms with Crippen LogP contribution in [0.5, 0.6) is 0 Å². The summed E-state index contributed by atoms with van der Waals surface area (Å²) in [6.07, 6.45) is 7.21. The Morgan fingerprint density at radius 2 is 2.26 bits per heavy atom. The number of pyridine rings is 1. The zero-order chi connectivity index (χ0) is 13.2. The third-order valence-electron chi connectivity index (χ3n) is 2.73. The van der Waals surface area contributed by atoms with E-state index < -0.39 is 0 Å². The van der Waals surface area contributed by atoms with E-state index in [4.69, 9.17) is 0 Å². The van der Waals surface area contributed by atoms with Crippen LogP contribution in [0.2, 0.25) is 0 Å². The van der Waals surface area contributed by atoms with Gasteiger partial charge >= 0.3 is 0 Å². The van der Waals surface area contributed by atoms with Crippen LogP contribution in [0.15, 0.2) is 40.8 Å². The second kappa shape index (κ2) is 4.78. The second-order valence-electron chi connectivity index (χ2n) is 4.13. The molecule has 0 saturated heterocycles. The predicted molar refractivity (Wildman–Crippen MR) is 77.2 cm³/mol. The van der Waals surface area contributed by atoms with E-state index in [9.17, 15) is 4.79 Å². The Labute approximate surface area is 113 Å². The Morgan fingerprint density at radius 3 is 3.05 bits per heavy atom. The average Bonchev–Trinajstić information content (AvgIpc) is 2.80. The normalized spacial score (nSPS) is 11.4. The number of aryl methyl sites for hydroxylation is 1. The van der Waals surface area contributed by atoms with Crippen molar-refractivity contribution in [2.75, 3.05) is 0 Å². The van der Waals surface area contributed by atoms with E-state index in [0.717, 1.165) is 16.2 Å². The number of aromatic nitrogens is 3. The highest BCUT2D eigenvalue weighted by atomic mass is 32.1. The van der Waals surface area contributed by atoms with Gasteiger partial charge < -0.3 is 0 Å². The molecule has 19 heavy (non-hydrogen) atoms.